The first-order valence-corrected chi connectivity index (χ1v) is 8.40. The van der Waals surface area contributed by atoms with Crippen LogP contribution in [0.3, 0.4) is 0 Å². The standard InChI is InChI=1S/C15H20N2O2S/c1-20-14-13(3-2-7-16-14)15(18)17-8-6-12(9-17)19-10-11-4-5-11/h2-3,7,11-12H,4-6,8-10H2,1H3. The predicted octanol–water partition coefficient (Wildman–Crippen LogP) is 2.44. The molecule has 0 aromatic carbocycles. The molecule has 0 bridgehead atoms. The SMILES string of the molecule is CSc1ncccc1C(=O)N1CCC(OCC2CC2)C1. The Morgan fingerprint density at radius 2 is 2.35 bits per heavy atom. The van der Waals surface area contributed by atoms with Crippen LogP contribution in [-0.4, -0.2) is 47.8 Å². The number of hydrogen-bond donors (Lipinski definition) is 0. The molecule has 2 aliphatic rings. The van der Waals surface area contributed by atoms with Crippen molar-refractivity contribution in [2.75, 3.05) is 26.0 Å². The summed E-state index contributed by atoms with van der Waals surface area (Å²) in [5.74, 6) is 0.862. The summed E-state index contributed by atoms with van der Waals surface area (Å²) in [5.41, 5.74) is 0.711. The molecule has 4 nitrogen and oxygen atoms in total. The van der Waals surface area contributed by atoms with Gasteiger partial charge in [0.2, 0.25) is 0 Å². The summed E-state index contributed by atoms with van der Waals surface area (Å²) < 4.78 is 5.88. The number of carbonyl (C=O) groups is 1. The van der Waals surface area contributed by atoms with Crippen LogP contribution >= 0.6 is 11.8 Å². The molecule has 2 fully saturated rings. The van der Waals surface area contributed by atoms with Gasteiger partial charge in [0, 0.05) is 25.9 Å². The average Bonchev–Trinajstić information content (AvgIpc) is 3.21. The Balaban J connectivity index is 1.59. The third kappa shape index (κ3) is 3.15. The van der Waals surface area contributed by atoms with E-state index in [2.05, 4.69) is 4.98 Å². The summed E-state index contributed by atoms with van der Waals surface area (Å²) in [4.78, 5) is 18.7. The number of hydrogen-bond acceptors (Lipinski definition) is 4. The van der Waals surface area contributed by atoms with E-state index in [-0.39, 0.29) is 12.0 Å². The Kier molecular flexibility index (Phi) is 4.27. The molecule has 1 amide bonds. The van der Waals surface area contributed by atoms with Crippen molar-refractivity contribution in [2.45, 2.75) is 30.4 Å². The molecular formula is C15H20N2O2S. The zero-order chi connectivity index (χ0) is 13.9. The molecule has 1 unspecified atom stereocenters. The number of pyridine rings is 1. The molecule has 1 aromatic rings. The first kappa shape index (κ1) is 13.9. The Morgan fingerprint density at radius 1 is 1.50 bits per heavy atom. The van der Waals surface area contributed by atoms with Gasteiger partial charge in [0.1, 0.15) is 5.03 Å². The van der Waals surface area contributed by atoms with Crippen molar-refractivity contribution in [3.8, 4) is 0 Å². The van der Waals surface area contributed by atoms with Crippen molar-refractivity contribution >= 4 is 17.7 Å². The van der Waals surface area contributed by atoms with Gasteiger partial charge in [0.15, 0.2) is 0 Å². The summed E-state index contributed by atoms with van der Waals surface area (Å²) in [5, 5.41) is 0.805. The lowest BCUT2D eigenvalue weighted by Gasteiger charge is -2.17. The number of amides is 1. The topological polar surface area (TPSA) is 42.4 Å². The van der Waals surface area contributed by atoms with Gasteiger partial charge in [-0.3, -0.25) is 4.79 Å². The maximum atomic E-state index is 12.5. The predicted molar refractivity (Wildman–Crippen MR) is 79.0 cm³/mol. The van der Waals surface area contributed by atoms with Crippen LogP contribution in [0.5, 0.6) is 0 Å². The van der Waals surface area contributed by atoms with Gasteiger partial charge in [0.25, 0.3) is 5.91 Å². The van der Waals surface area contributed by atoms with E-state index in [9.17, 15) is 4.79 Å². The lowest BCUT2D eigenvalue weighted by molar-refractivity contribution is 0.0479. The first-order valence-electron chi connectivity index (χ1n) is 7.18. The third-order valence-electron chi connectivity index (χ3n) is 3.89. The molecule has 5 heteroatoms. The number of ether oxygens (including phenoxy) is 1. The van der Waals surface area contributed by atoms with Crippen molar-refractivity contribution < 1.29 is 9.53 Å². The molecule has 1 aliphatic carbocycles. The fourth-order valence-electron chi connectivity index (χ4n) is 2.49. The second kappa shape index (κ2) is 6.14. The van der Waals surface area contributed by atoms with Crippen molar-refractivity contribution in [1.82, 2.24) is 9.88 Å². The number of thioether (sulfide) groups is 1. The molecule has 108 valence electrons. The molecule has 0 spiro atoms. The minimum atomic E-state index is 0.0833. The lowest BCUT2D eigenvalue weighted by atomic mass is 10.2. The van der Waals surface area contributed by atoms with Gasteiger partial charge in [-0.15, -0.1) is 11.8 Å². The molecule has 20 heavy (non-hydrogen) atoms. The lowest BCUT2D eigenvalue weighted by Crippen LogP contribution is -2.30. The molecule has 3 rings (SSSR count). The van der Waals surface area contributed by atoms with Crippen LogP contribution in [0.2, 0.25) is 0 Å². The van der Waals surface area contributed by atoms with Crippen molar-refractivity contribution in [2.24, 2.45) is 5.92 Å². The van der Waals surface area contributed by atoms with E-state index in [1.54, 1.807) is 6.20 Å². The Labute approximate surface area is 123 Å². The van der Waals surface area contributed by atoms with Gasteiger partial charge in [-0.05, 0) is 43.6 Å². The largest absolute Gasteiger partial charge is 0.376 e. The highest BCUT2D eigenvalue weighted by Gasteiger charge is 2.30. The zero-order valence-corrected chi connectivity index (χ0v) is 12.6. The number of nitrogens with zero attached hydrogens (tertiary/aromatic N) is 2. The van der Waals surface area contributed by atoms with Gasteiger partial charge < -0.3 is 9.64 Å². The van der Waals surface area contributed by atoms with Crippen LogP contribution in [0, 0.1) is 5.92 Å². The monoisotopic (exact) mass is 292 g/mol. The van der Waals surface area contributed by atoms with Crippen LogP contribution in [0.15, 0.2) is 23.4 Å². The molecular weight excluding hydrogens is 272 g/mol. The third-order valence-corrected chi connectivity index (χ3v) is 4.60. The van der Waals surface area contributed by atoms with E-state index >= 15 is 0 Å². The maximum Gasteiger partial charge on any atom is 0.256 e. The van der Waals surface area contributed by atoms with Crippen molar-refractivity contribution in [3.63, 3.8) is 0 Å². The second-order valence-corrected chi connectivity index (χ2v) is 6.29. The minimum absolute atomic E-state index is 0.0833. The molecule has 1 aromatic heterocycles. The van der Waals surface area contributed by atoms with Gasteiger partial charge in [-0.1, -0.05) is 0 Å². The van der Waals surface area contributed by atoms with E-state index in [1.165, 1.54) is 24.6 Å². The van der Waals surface area contributed by atoms with Crippen molar-refractivity contribution in [1.29, 1.82) is 0 Å². The number of rotatable bonds is 5. The van der Waals surface area contributed by atoms with Crippen LogP contribution in [0.1, 0.15) is 29.6 Å². The van der Waals surface area contributed by atoms with Gasteiger partial charge in [0.05, 0.1) is 11.7 Å². The summed E-state index contributed by atoms with van der Waals surface area (Å²) in [6, 6.07) is 3.68. The van der Waals surface area contributed by atoms with Gasteiger partial charge in [-0.25, -0.2) is 4.98 Å². The fraction of sp³-hybridized carbons (Fsp3) is 0.600. The number of aromatic nitrogens is 1. The van der Waals surface area contributed by atoms with E-state index in [1.807, 2.05) is 23.3 Å². The van der Waals surface area contributed by atoms with Gasteiger partial charge in [-0.2, -0.15) is 0 Å². The molecule has 0 radical (unpaired) electrons. The maximum absolute atomic E-state index is 12.5. The molecule has 2 heterocycles. The van der Waals surface area contributed by atoms with Crippen LogP contribution in [-0.2, 0) is 4.74 Å². The molecule has 1 saturated carbocycles. The summed E-state index contributed by atoms with van der Waals surface area (Å²) in [6.45, 7) is 2.38. The smallest absolute Gasteiger partial charge is 0.256 e. The van der Waals surface area contributed by atoms with Crippen LogP contribution in [0.4, 0.5) is 0 Å². The van der Waals surface area contributed by atoms with Crippen molar-refractivity contribution in [3.05, 3.63) is 23.9 Å². The summed E-state index contributed by atoms with van der Waals surface area (Å²) in [6.07, 6.45) is 7.46. The second-order valence-electron chi connectivity index (χ2n) is 5.50. The molecule has 0 N–H and O–H groups in total. The number of likely N-dealkylation sites (tertiary alicyclic amines) is 1. The summed E-state index contributed by atoms with van der Waals surface area (Å²) >= 11 is 1.52. The highest BCUT2D eigenvalue weighted by Crippen LogP contribution is 2.30. The Morgan fingerprint density at radius 3 is 3.10 bits per heavy atom. The number of carbonyl (C=O) groups excluding carboxylic acids is 1. The highest BCUT2D eigenvalue weighted by atomic mass is 32.2. The van der Waals surface area contributed by atoms with Crippen LogP contribution < -0.4 is 0 Å². The van der Waals surface area contributed by atoms with Gasteiger partial charge >= 0.3 is 0 Å². The van der Waals surface area contributed by atoms with E-state index in [0.717, 1.165) is 30.5 Å². The van der Waals surface area contributed by atoms with E-state index < -0.39 is 0 Å². The first-order chi connectivity index (χ1) is 9.78. The molecule has 1 atom stereocenters. The normalized spacial score (nSPS) is 22.2. The molecule has 1 aliphatic heterocycles. The highest BCUT2D eigenvalue weighted by molar-refractivity contribution is 7.98. The van der Waals surface area contributed by atoms with E-state index in [4.69, 9.17) is 4.74 Å². The Hall–Kier alpha value is -1.07. The quantitative estimate of drug-likeness (QED) is 0.782. The summed E-state index contributed by atoms with van der Waals surface area (Å²) in [7, 11) is 0. The zero-order valence-electron chi connectivity index (χ0n) is 11.7. The van der Waals surface area contributed by atoms with Crippen LogP contribution in [0.25, 0.3) is 0 Å². The average molecular weight is 292 g/mol. The molecule has 1 saturated heterocycles. The van der Waals surface area contributed by atoms with E-state index in [0.29, 0.717) is 12.1 Å². The minimum Gasteiger partial charge on any atom is -0.376 e. The fourth-order valence-corrected chi connectivity index (χ4v) is 3.03. The Bertz CT molecular complexity index is 491.